The molecule has 0 radical (unpaired) electrons. The molecule has 0 saturated carbocycles. The first-order chi connectivity index (χ1) is 9.73. The molecule has 0 aliphatic rings. The molecule has 1 amide bonds. The summed E-state index contributed by atoms with van der Waals surface area (Å²) < 4.78 is 5.64. The average Bonchev–Trinajstić information content (AvgIpc) is 2.42. The number of hydrogen-bond acceptors (Lipinski definition) is 3. The number of aliphatic hydroxyl groups excluding tert-OH is 1. The predicted molar refractivity (Wildman–Crippen MR) is 84.5 cm³/mol. The van der Waals surface area contributed by atoms with Gasteiger partial charge in [-0.15, -0.1) is 0 Å². The van der Waals surface area contributed by atoms with E-state index in [1.165, 1.54) is 0 Å². The van der Waals surface area contributed by atoms with Crippen molar-refractivity contribution < 1.29 is 14.6 Å². The van der Waals surface area contributed by atoms with Crippen molar-refractivity contribution in [1.29, 1.82) is 0 Å². The van der Waals surface area contributed by atoms with Crippen LogP contribution < -0.4 is 10.1 Å². The lowest BCUT2D eigenvalue weighted by Crippen LogP contribution is -2.42. The van der Waals surface area contributed by atoms with Gasteiger partial charge in [-0.1, -0.05) is 26.0 Å². The van der Waals surface area contributed by atoms with Crippen LogP contribution in [0.3, 0.4) is 0 Å². The maximum Gasteiger partial charge on any atom is 0.230 e. The smallest absolute Gasteiger partial charge is 0.230 e. The van der Waals surface area contributed by atoms with E-state index in [1.807, 2.05) is 38.1 Å². The molecule has 21 heavy (non-hydrogen) atoms. The Balaban J connectivity index is 2.72. The fourth-order valence-electron chi connectivity index (χ4n) is 1.82. The maximum atomic E-state index is 12.2. The molecule has 0 saturated heterocycles. The van der Waals surface area contributed by atoms with Crippen LogP contribution in [0.5, 0.6) is 5.75 Å². The molecular formula is C17H27NO3. The number of benzene rings is 1. The summed E-state index contributed by atoms with van der Waals surface area (Å²) in [6.45, 7) is 10.5. The monoisotopic (exact) mass is 293 g/mol. The summed E-state index contributed by atoms with van der Waals surface area (Å²) >= 11 is 0. The molecule has 0 fully saturated rings. The molecule has 4 nitrogen and oxygen atoms in total. The normalized spacial score (nSPS) is 13.1. The van der Waals surface area contributed by atoms with E-state index >= 15 is 0 Å². The Hall–Kier alpha value is -1.55. The molecule has 1 aromatic rings. The predicted octanol–water partition coefficient (Wildman–Crippen LogP) is 2.50. The SMILES string of the molecule is CC(C)COc1ccc(C(C)(C)C(=O)NCC(C)O)cc1. The third kappa shape index (κ3) is 5.38. The van der Waals surface area contributed by atoms with Crippen molar-refractivity contribution in [3.05, 3.63) is 29.8 Å². The molecule has 0 aliphatic carbocycles. The molecule has 1 rings (SSSR count). The zero-order valence-electron chi connectivity index (χ0n) is 13.6. The Morgan fingerprint density at radius 2 is 1.81 bits per heavy atom. The van der Waals surface area contributed by atoms with Crippen molar-refractivity contribution in [3.8, 4) is 5.75 Å². The van der Waals surface area contributed by atoms with Crippen LogP contribution >= 0.6 is 0 Å². The van der Waals surface area contributed by atoms with E-state index in [0.29, 0.717) is 12.5 Å². The first-order valence-corrected chi connectivity index (χ1v) is 7.43. The second-order valence-electron chi connectivity index (χ2n) is 6.41. The Labute approximate surface area is 127 Å². The molecule has 0 bridgehead atoms. The van der Waals surface area contributed by atoms with Crippen molar-refractivity contribution in [1.82, 2.24) is 5.32 Å². The summed E-state index contributed by atoms with van der Waals surface area (Å²) in [4.78, 5) is 12.2. The third-order valence-corrected chi connectivity index (χ3v) is 3.29. The number of rotatable bonds is 7. The first kappa shape index (κ1) is 17.5. The van der Waals surface area contributed by atoms with Crippen LogP contribution in [0.15, 0.2) is 24.3 Å². The van der Waals surface area contributed by atoms with E-state index in [-0.39, 0.29) is 12.5 Å². The maximum absolute atomic E-state index is 12.2. The van der Waals surface area contributed by atoms with E-state index in [4.69, 9.17) is 4.74 Å². The minimum absolute atomic E-state index is 0.0979. The Bertz CT molecular complexity index is 450. The van der Waals surface area contributed by atoms with Gasteiger partial charge < -0.3 is 15.2 Å². The summed E-state index contributed by atoms with van der Waals surface area (Å²) in [6.07, 6.45) is -0.545. The quantitative estimate of drug-likeness (QED) is 0.812. The van der Waals surface area contributed by atoms with Gasteiger partial charge in [0.25, 0.3) is 0 Å². The molecule has 0 aromatic heterocycles. The highest BCUT2D eigenvalue weighted by molar-refractivity contribution is 5.87. The molecule has 2 N–H and O–H groups in total. The molecule has 118 valence electrons. The summed E-state index contributed by atoms with van der Waals surface area (Å²) in [7, 11) is 0. The van der Waals surface area contributed by atoms with Gasteiger partial charge in [0, 0.05) is 6.54 Å². The molecule has 4 heteroatoms. The van der Waals surface area contributed by atoms with Gasteiger partial charge in [-0.05, 0) is 44.4 Å². The minimum Gasteiger partial charge on any atom is -0.493 e. The second-order valence-corrected chi connectivity index (χ2v) is 6.41. The van der Waals surface area contributed by atoms with Crippen molar-refractivity contribution in [2.75, 3.05) is 13.2 Å². The van der Waals surface area contributed by atoms with Gasteiger partial charge in [-0.3, -0.25) is 4.79 Å². The lowest BCUT2D eigenvalue weighted by atomic mass is 9.83. The molecular weight excluding hydrogens is 266 g/mol. The van der Waals surface area contributed by atoms with Gasteiger partial charge in [0.15, 0.2) is 0 Å². The van der Waals surface area contributed by atoms with Crippen LogP contribution in [-0.2, 0) is 10.2 Å². The molecule has 0 heterocycles. The number of nitrogens with one attached hydrogen (secondary N) is 1. The largest absolute Gasteiger partial charge is 0.493 e. The van der Waals surface area contributed by atoms with E-state index < -0.39 is 11.5 Å². The fourth-order valence-corrected chi connectivity index (χ4v) is 1.82. The first-order valence-electron chi connectivity index (χ1n) is 7.43. The summed E-state index contributed by atoms with van der Waals surface area (Å²) in [5.74, 6) is 1.19. The number of ether oxygens (including phenoxy) is 1. The zero-order chi connectivity index (χ0) is 16.0. The highest BCUT2D eigenvalue weighted by Crippen LogP contribution is 2.25. The van der Waals surface area contributed by atoms with Crippen LogP contribution in [0, 0.1) is 5.92 Å². The number of aliphatic hydroxyl groups is 1. The third-order valence-electron chi connectivity index (χ3n) is 3.29. The summed E-state index contributed by atoms with van der Waals surface area (Å²) in [5, 5.41) is 12.0. The van der Waals surface area contributed by atoms with Gasteiger partial charge in [0.05, 0.1) is 18.1 Å². The average molecular weight is 293 g/mol. The standard InChI is InChI=1S/C17H27NO3/c1-12(2)11-21-15-8-6-14(7-9-15)17(4,5)16(20)18-10-13(3)19/h6-9,12-13,19H,10-11H2,1-5H3,(H,18,20). The Kier molecular flexibility index (Phi) is 6.21. The highest BCUT2D eigenvalue weighted by Gasteiger charge is 2.29. The summed E-state index contributed by atoms with van der Waals surface area (Å²) in [6, 6.07) is 7.61. The van der Waals surface area contributed by atoms with Crippen LogP contribution in [0.1, 0.15) is 40.2 Å². The molecule has 0 spiro atoms. The number of hydrogen-bond donors (Lipinski definition) is 2. The van der Waals surface area contributed by atoms with Crippen LogP contribution in [0.25, 0.3) is 0 Å². The summed E-state index contributed by atoms with van der Waals surface area (Å²) in [5.41, 5.74) is 0.272. The molecule has 1 unspecified atom stereocenters. The van der Waals surface area contributed by atoms with E-state index in [0.717, 1.165) is 11.3 Å². The van der Waals surface area contributed by atoms with E-state index in [9.17, 15) is 9.90 Å². The second kappa shape index (κ2) is 7.46. The van der Waals surface area contributed by atoms with Crippen LogP contribution in [-0.4, -0.2) is 30.3 Å². The van der Waals surface area contributed by atoms with Gasteiger partial charge in [0.2, 0.25) is 5.91 Å². The Morgan fingerprint density at radius 1 is 1.24 bits per heavy atom. The lowest BCUT2D eigenvalue weighted by molar-refractivity contribution is -0.126. The van der Waals surface area contributed by atoms with Crippen molar-refractivity contribution >= 4 is 5.91 Å². The molecule has 1 aromatic carbocycles. The van der Waals surface area contributed by atoms with Crippen LogP contribution in [0.2, 0.25) is 0 Å². The topological polar surface area (TPSA) is 58.6 Å². The van der Waals surface area contributed by atoms with Gasteiger partial charge in [-0.2, -0.15) is 0 Å². The van der Waals surface area contributed by atoms with E-state index in [2.05, 4.69) is 19.2 Å². The van der Waals surface area contributed by atoms with Crippen molar-refractivity contribution in [2.24, 2.45) is 5.92 Å². The number of carbonyl (C=O) groups excluding carboxylic acids is 1. The lowest BCUT2D eigenvalue weighted by Gasteiger charge is -2.25. The molecule has 0 aliphatic heterocycles. The number of carbonyl (C=O) groups is 1. The van der Waals surface area contributed by atoms with Gasteiger partial charge >= 0.3 is 0 Å². The van der Waals surface area contributed by atoms with Gasteiger partial charge in [0.1, 0.15) is 5.75 Å². The number of amides is 1. The van der Waals surface area contributed by atoms with Crippen molar-refractivity contribution in [3.63, 3.8) is 0 Å². The molecule has 1 atom stereocenters. The minimum atomic E-state index is -0.647. The van der Waals surface area contributed by atoms with Crippen molar-refractivity contribution in [2.45, 2.75) is 46.1 Å². The zero-order valence-corrected chi connectivity index (χ0v) is 13.6. The Morgan fingerprint density at radius 3 is 2.29 bits per heavy atom. The van der Waals surface area contributed by atoms with Crippen LogP contribution in [0.4, 0.5) is 0 Å². The fraction of sp³-hybridized carbons (Fsp3) is 0.588. The van der Waals surface area contributed by atoms with Gasteiger partial charge in [-0.25, -0.2) is 0 Å². The van der Waals surface area contributed by atoms with E-state index in [1.54, 1.807) is 6.92 Å². The highest BCUT2D eigenvalue weighted by atomic mass is 16.5.